The predicted octanol–water partition coefficient (Wildman–Crippen LogP) is 1.20. The number of aliphatic hydroxyl groups excluding tert-OH is 1. The molecule has 1 N–H and O–H groups in total. The van der Waals surface area contributed by atoms with E-state index in [1.54, 1.807) is 0 Å². The third-order valence-corrected chi connectivity index (χ3v) is 1.59. The molecule has 0 rings (SSSR count). The summed E-state index contributed by atoms with van der Waals surface area (Å²) in [5.41, 5.74) is 0. The number of aliphatic hydroxyl groups is 1. The maximum absolute atomic E-state index is 8.76. The second-order valence-electron chi connectivity index (χ2n) is 2.70. The van der Waals surface area contributed by atoms with E-state index < -0.39 is 0 Å². The van der Waals surface area contributed by atoms with Crippen LogP contribution in [0.4, 0.5) is 0 Å². The van der Waals surface area contributed by atoms with E-state index >= 15 is 0 Å². The van der Waals surface area contributed by atoms with Gasteiger partial charge in [-0.1, -0.05) is 13.8 Å². The molecule has 0 fully saturated rings. The van der Waals surface area contributed by atoms with Crippen LogP contribution in [0.5, 0.6) is 0 Å². The minimum atomic E-state index is -0.0183. The molecule has 0 saturated heterocycles. The fourth-order valence-electron chi connectivity index (χ4n) is 0.820. The average molecular weight is 176 g/mol. The summed E-state index contributed by atoms with van der Waals surface area (Å²) in [6.45, 7) is 6.17. The highest BCUT2D eigenvalue weighted by Crippen LogP contribution is 1.95. The molecule has 0 bridgehead atoms. The Hall–Kier alpha value is -0.120. The van der Waals surface area contributed by atoms with Crippen molar-refractivity contribution in [3.63, 3.8) is 0 Å². The second-order valence-corrected chi connectivity index (χ2v) is 2.70. The normalized spacial score (nSPS) is 13.2. The molecule has 1 atom stereocenters. The Bertz CT molecular complexity index is 81.8. The summed E-state index contributed by atoms with van der Waals surface area (Å²) in [6, 6.07) is 0. The van der Waals surface area contributed by atoms with E-state index in [0.717, 1.165) is 19.4 Å². The fourth-order valence-corrected chi connectivity index (χ4v) is 0.820. The third kappa shape index (κ3) is 6.58. The SMILES string of the molecule is CCCOCCOC(CC)CO. The van der Waals surface area contributed by atoms with Gasteiger partial charge in [0.05, 0.1) is 25.9 Å². The molecular weight excluding hydrogens is 156 g/mol. The molecule has 0 aromatic carbocycles. The van der Waals surface area contributed by atoms with E-state index in [1.165, 1.54) is 0 Å². The lowest BCUT2D eigenvalue weighted by Gasteiger charge is -2.12. The van der Waals surface area contributed by atoms with Gasteiger partial charge in [-0.25, -0.2) is 0 Å². The Morgan fingerprint density at radius 1 is 1.17 bits per heavy atom. The molecule has 74 valence electrons. The van der Waals surface area contributed by atoms with Crippen molar-refractivity contribution in [2.75, 3.05) is 26.4 Å². The van der Waals surface area contributed by atoms with Crippen molar-refractivity contribution in [1.82, 2.24) is 0 Å². The van der Waals surface area contributed by atoms with Gasteiger partial charge in [-0.15, -0.1) is 0 Å². The largest absolute Gasteiger partial charge is 0.394 e. The molecule has 0 aromatic rings. The first-order valence-corrected chi connectivity index (χ1v) is 4.65. The summed E-state index contributed by atoms with van der Waals surface area (Å²) in [4.78, 5) is 0. The lowest BCUT2D eigenvalue weighted by Crippen LogP contribution is -2.19. The first-order valence-electron chi connectivity index (χ1n) is 4.65. The predicted molar refractivity (Wildman–Crippen MR) is 48.2 cm³/mol. The van der Waals surface area contributed by atoms with Crippen LogP contribution in [-0.2, 0) is 9.47 Å². The highest BCUT2D eigenvalue weighted by atomic mass is 16.5. The number of ether oxygens (including phenoxy) is 2. The molecule has 1 unspecified atom stereocenters. The Morgan fingerprint density at radius 3 is 2.42 bits per heavy atom. The van der Waals surface area contributed by atoms with Gasteiger partial charge in [-0.2, -0.15) is 0 Å². The quantitative estimate of drug-likeness (QED) is 0.565. The number of hydrogen-bond acceptors (Lipinski definition) is 3. The van der Waals surface area contributed by atoms with Crippen molar-refractivity contribution in [3.05, 3.63) is 0 Å². The molecule has 12 heavy (non-hydrogen) atoms. The Morgan fingerprint density at radius 2 is 1.92 bits per heavy atom. The molecule has 0 saturated carbocycles. The highest BCUT2D eigenvalue weighted by Gasteiger charge is 2.02. The molecular formula is C9H20O3. The van der Waals surface area contributed by atoms with Gasteiger partial charge in [0.2, 0.25) is 0 Å². The van der Waals surface area contributed by atoms with Gasteiger partial charge < -0.3 is 14.6 Å². The highest BCUT2D eigenvalue weighted by molar-refractivity contribution is 4.50. The number of hydrogen-bond donors (Lipinski definition) is 1. The molecule has 0 aromatic heterocycles. The van der Waals surface area contributed by atoms with Gasteiger partial charge in [0.25, 0.3) is 0 Å². The van der Waals surface area contributed by atoms with Gasteiger partial charge in [-0.05, 0) is 12.8 Å². The van der Waals surface area contributed by atoms with E-state index in [0.29, 0.717) is 13.2 Å². The molecule has 0 aliphatic heterocycles. The van der Waals surface area contributed by atoms with Crippen LogP contribution in [0.2, 0.25) is 0 Å². The topological polar surface area (TPSA) is 38.7 Å². The minimum absolute atomic E-state index is 0.0183. The molecule has 0 spiro atoms. The summed E-state index contributed by atoms with van der Waals surface area (Å²) in [7, 11) is 0. The van der Waals surface area contributed by atoms with Crippen LogP contribution in [0.3, 0.4) is 0 Å². The molecule has 0 aliphatic carbocycles. The van der Waals surface area contributed by atoms with Crippen molar-refractivity contribution in [3.8, 4) is 0 Å². The van der Waals surface area contributed by atoms with Crippen LogP contribution in [0.1, 0.15) is 26.7 Å². The van der Waals surface area contributed by atoms with E-state index in [4.69, 9.17) is 14.6 Å². The average Bonchev–Trinajstić information content (AvgIpc) is 2.11. The zero-order valence-corrected chi connectivity index (χ0v) is 8.08. The maximum Gasteiger partial charge on any atom is 0.0804 e. The second kappa shape index (κ2) is 8.97. The van der Waals surface area contributed by atoms with Crippen LogP contribution in [0, 0.1) is 0 Å². The van der Waals surface area contributed by atoms with Gasteiger partial charge in [0.15, 0.2) is 0 Å². The smallest absolute Gasteiger partial charge is 0.0804 e. The summed E-state index contributed by atoms with van der Waals surface area (Å²) in [5.74, 6) is 0. The van der Waals surface area contributed by atoms with E-state index in [2.05, 4.69) is 6.92 Å². The van der Waals surface area contributed by atoms with Gasteiger partial charge in [-0.3, -0.25) is 0 Å². The first kappa shape index (κ1) is 11.9. The molecule has 0 radical (unpaired) electrons. The lowest BCUT2D eigenvalue weighted by molar-refractivity contribution is -0.0202. The van der Waals surface area contributed by atoms with Crippen molar-refractivity contribution in [2.45, 2.75) is 32.8 Å². The van der Waals surface area contributed by atoms with Crippen molar-refractivity contribution in [1.29, 1.82) is 0 Å². The van der Waals surface area contributed by atoms with Gasteiger partial charge in [0, 0.05) is 6.61 Å². The zero-order valence-electron chi connectivity index (χ0n) is 8.08. The standard InChI is InChI=1S/C9H20O3/c1-3-5-11-6-7-12-9(4-2)8-10/h9-10H,3-8H2,1-2H3. The van der Waals surface area contributed by atoms with E-state index in [-0.39, 0.29) is 12.7 Å². The van der Waals surface area contributed by atoms with Gasteiger partial charge >= 0.3 is 0 Å². The van der Waals surface area contributed by atoms with Crippen LogP contribution in [-0.4, -0.2) is 37.6 Å². The summed E-state index contributed by atoms with van der Waals surface area (Å²) >= 11 is 0. The van der Waals surface area contributed by atoms with Crippen molar-refractivity contribution >= 4 is 0 Å². The molecule has 0 heterocycles. The Kier molecular flexibility index (Phi) is 8.88. The first-order chi connectivity index (χ1) is 5.85. The zero-order chi connectivity index (χ0) is 9.23. The number of rotatable bonds is 8. The molecule has 3 heteroatoms. The monoisotopic (exact) mass is 176 g/mol. The Labute approximate surface area is 74.7 Å². The van der Waals surface area contributed by atoms with Crippen molar-refractivity contribution < 1.29 is 14.6 Å². The van der Waals surface area contributed by atoms with Crippen LogP contribution in [0.25, 0.3) is 0 Å². The molecule has 0 aliphatic rings. The fraction of sp³-hybridized carbons (Fsp3) is 1.00. The molecule has 3 nitrogen and oxygen atoms in total. The van der Waals surface area contributed by atoms with E-state index in [9.17, 15) is 0 Å². The lowest BCUT2D eigenvalue weighted by atomic mass is 10.3. The van der Waals surface area contributed by atoms with Crippen molar-refractivity contribution in [2.24, 2.45) is 0 Å². The summed E-state index contributed by atoms with van der Waals surface area (Å²) < 4.78 is 10.5. The van der Waals surface area contributed by atoms with Crippen LogP contribution < -0.4 is 0 Å². The van der Waals surface area contributed by atoms with Gasteiger partial charge in [0.1, 0.15) is 0 Å². The third-order valence-electron chi connectivity index (χ3n) is 1.59. The minimum Gasteiger partial charge on any atom is -0.394 e. The maximum atomic E-state index is 8.76. The van der Waals surface area contributed by atoms with Crippen LogP contribution >= 0.6 is 0 Å². The summed E-state index contributed by atoms with van der Waals surface area (Å²) in [6.07, 6.45) is 1.87. The summed E-state index contributed by atoms with van der Waals surface area (Å²) in [5, 5.41) is 8.76. The van der Waals surface area contributed by atoms with E-state index in [1.807, 2.05) is 6.92 Å². The Balaban J connectivity index is 3.06. The van der Waals surface area contributed by atoms with Crippen LogP contribution in [0.15, 0.2) is 0 Å². The molecule has 0 amide bonds.